The third kappa shape index (κ3) is 4.85. The van der Waals surface area contributed by atoms with Crippen molar-refractivity contribution in [3.05, 3.63) is 107 Å². The van der Waals surface area contributed by atoms with Crippen molar-refractivity contribution in [2.45, 2.75) is 26.2 Å². The molecule has 9 heteroatoms. The van der Waals surface area contributed by atoms with E-state index in [0.29, 0.717) is 11.6 Å². The molecule has 0 aliphatic carbocycles. The normalized spacial score (nSPS) is 12.4. The summed E-state index contributed by atoms with van der Waals surface area (Å²) in [7, 11) is -2.91. The molecule has 0 aliphatic heterocycles. The SMILES string of the molecule is COc1c(C)ccc(-c2c(C(F)(F)F)cc(C(F)(F)F)cc2P(=O)(c2ccccc2)c2ccccc2)c1C. The van der Waals surface area contributed by atoms with Gasteiger partial charge in [-0.15, -0.1) is 0 Å². The first-order chi connectivity index (χ1) is 17.8. The van der Waals surface area contributed by atoms with Crippen LogP contribution in [0.15, 0.2) is 84.9 Å². The van der Waals surface area contributed by atoms with Crippen molar-refractivity contribution in [3.63, 3.8) is 0 Å². The first-order valence-corrected chi connectivity index (χ1v) is 13.2. The Bertz CT molecular complexity index is 1470. The highest BCUT2D eigenvalue weighted by Gasteiger charge is 2.44. The van der Waals surface area contributed by atoms with Crippen LogP contribution in [0.25, 0.3) is 11.1 Å². The zero-order valence-electron chi connectivity index (χ0n) is 20.6. The van der Waals surface area contributed by atoms with Crippen molar-refractivity contribution >= 4 is 23.1 Å². The molecular weight excluding hydrogens is 525 g/mol. The molecule has 0 spiro atoms. The average molecular weight is 548 g/mol. The fourth-order valence-electron chi connectivity index (χ4n) is 4.66. The second-order valence-electron chi connectivity index (χ2n) is 8.78. The zero-order valence-corrected chi connectivity index (χ0v) is 21.5. The Morgan fingerprint density at radius 1 is 0.711 bits per heavy atom. The maximum absolute atomic E-state index is 15.1. The number of hydrogen-bond donors (Lipinski definition) is 0. The molecule has 38 heavy (non-hydrogen) atoms. The lowest BCUT2D eigenvalue weighted by molar-refractivity contribution is -0.142. The van der Waals surface area contributed by atoms with E-state index in [2.05, 4.69) is 0 Å². The Balaban J connectivity index is 2.29. The van der Waals surface area contributed by atoms with Gasteiger partial charge < -0.3 is 9.30 Å². The second kappa shape index (κ2) is 9.99. The molecule has 0 amide bonds. The molecule has 4 aromatic carbocycles. The van der Waals surface area contributed by atoms with Crippen LogP contribution >= 0.6 is 7.14 Å². The van der Waals surface area contributed by atoms with Crippen molar-refractivity contribution in [2.24, 2.45) is 0 Å². The molecule has 0 aromatic heterocycles. The molecule has 0 fully saturated rings. The second-order valence-corrected chi connectivity index (χ2v) is 11.5. The lowest BCUT2D eigenvalue weighted by Crippen LogP contribution is -2.29. The molecule has 0 bridgehead atoms. The first kappa shape index (κ1) is 27.5. The van der Waals surface area contributed by atoms with E-state index in [1.54, 1.807) is 43.3 Å². The number of ether oxygens (including phenoxy) is 1. The number of methoxy groups -OCH3 is 1. The van der Waals surface area contributed by atoms with Crippen LogP contribution in [0.5, 0.6) is 5.75 Å². The molecule has 0 saturated heterocycles. The van der Waals surface area contributed by atoms with Crippen LogP contribution in [0, 0.1) is 13.8 Å². The van der Waals surface area contributed by atoms with Gasteiger partial charge in [0, 0.05) is 21.5 Å². The molecule has 4 aromatic rings. The lowest BCUT2D eigenvalue weighted by Gasteiger charge is -2.28. The van der Waals surface area contributed by atoms with Crippen LogP contribution in [0.1, 0.15) is 22.3 Å². The third-order valence-electron chi connectivity index (χ3n) is 6.41. The number of halogens is 6. The van der Waals surface area contributed by atoms with E-state index in [-0.39, 0.29) is 33.6 Å². The highest BCUT2D eigenvalue weighted by Crippen LogP contribution is 2.51. The van der Waals surface area contributed by atoms with Gasteiger partial charge in [-0.3, -0.25) is 0 Å². The lowest BCUT2D eigenvalue weighted by atomic mass is 9.92. The summed E-state index contributed by atoms with van der Waals surface area (Å²) >= 11 is 0. The monoisotopic (exact) mass is 548 g/mol. The van der Waals surface area contributed by atoms with Crippen LogP contribution in [0.4, 0.5) is 26.3 Å². The van der Waals surface area contributed by atoms with E-state index in [4.69, 9.17) is 4.74 Å². The Morgan fingerprint density at radius 3 is 1.68 bits per heavy atom. The molecule has 0 atom stereocenters. The smallest absolute Gasteiger partial charge is 0.417 e. The van der Waals surface area contributed by atoms with Crippen molar-refractivity contribution in [2.75, 3.05) is 7.11 Å². The highest BCUT2D eigenvalue weighted by molar-refractivity contribution is 7.85. The fraction of sp³-hybridized carbons (Fsp3) is 0.172. The van der Waals surface area contributed by atoms with E-state index >= 15 is 4.57 Å². The van der Waals surface area contributed by atoms with Gasteiger partial charge in [0.2, 0.25) is 0 Å². The van der Waals surface area contributed by atoms with Crippen LogP contribution in [0.2, 0.25) is 0 Å². The molecular formula is C29H23F6O2P. The largest absolute Gasteiger partial charge is 0.496 e. The number of alkyl halides is 6. The Kier molecular flexibility index (Phi) is 7.23. The molecule has 0 aliphatic rings. The maximum atomic E-state index is 15.1. The van der Waals surface area contributed by atoms with Crippen molar-refractivity contribution < 1.29 is 35.6 Å². The summed E-state index contributed by atoms with van der Waals surface area (Å²) in [6.45, 7) is 3.23. The molecule has 198 valence electrons. The summed E-state index contributed by atoms with van der Waals surface area (Å²) in [5.74, 6) is 0.288. The standard InChI is InChI=1S/C29H23F6O2P/c1-18-14-15-23(19(2)27(18)37-3)26-24(29(33,34)35)16-20(28(30,31)32)17-25(26)38(36,21-10-6-4-7-11-21)22-12-8-5-9-13-22/h4-17H,1-3H3. The van der Waals surface area contributed by atoms with Gasteiger partial charge in [0.25, 0.3) is 0 Å². The van der Waals surface area contributed by atoms with Gasteiger partial charge in [0.1, 0.15) is 5.75 Å². The minimum absolute atomic E-state index is 0.0180. The molecule has 0 N–H and O–H groups in total. The molecule has 0 saturated carbocycles. The van der Waals surface area contributed by atoms with Crippen molar-refractivity contribution in [3.8, 4) is 16.9 Å². The summed E-state index contributed by atoms with van der Waals surface area (Å²) in [4.78, 5) is 0. The summed E-state index contributed by atoms with van der Waals surface area (Å²) in [6, 6.07) is 18.8. The van der Waals surface area contributed by atoms with Crippen LogP contribution in [-0.2, 0) is 16.9 Å². The summed E-state index contributed by atoms with van der Waals surface area (Å²) in [5, 5.41) is -0.334. The quantitative estimate of drug-likeness (QED) is 0.189. The number of benzene rings is 4. The van der Waals surface area contributed by atoms with E-state index in [1.807, 2.05) is 0 Å². The average Bonchev–Trinajstić information content (AvgIpc) is 2.88. The predicted molar refractivity (Wildman–Crippen MR) is 137 cm³/mol. The van der Waals surface area contributed by atoms with E-state index in [9.17, 15) is 26.3 Å². The van der Waals surface area contributed by atoms with Crippen LogP contribution in [0.3, 0.4) is 0 Å². The minimum Gasteiger partial charge on any atom is -0.496 e. The molecule has 0 radical (unpaired) electrons. The predicted octanol–water partition coefficient (Wildman–Crippen LogP) is 7.66. The summed E-state index contributed by atoms with van der Waals surface area (Å²) in [5.41, 5.74) is -2.74. The van der Waals surface area contributed by atoms with E-state index < -0.39 is 41.5 Å². The van der Waals surface area contributed by atoms with E-state index in [0.717, 1.165) is 0 Å². The molecule has 2 nitrogen and oxygen atoms in total. The fourth-order valence-corrected chi connectivity index (χ4v) is 7.58. The van der Waals surface area contributed by atoms with Gasteiger partial charge in [0.15, 0.2) is 7.14 Å². The maximum Gasteiger partial charge on any atom is 0.417 e. The topological polar surface area (TPSA) is 26.3 Å². The minimum atomic E-state index is -5.19. The molecule has 0 unspecified atom stereocenters. The number of rotatable bonds is 5. The van der Waals surface area contributed by atoms with Gasteiger partial charge >= 0.3 is 12.4 Å². The molecule has 0 heterocycles. The number of aryl methyl sites for hydroxylation is 1. The van der Waals surface area contributed by atoms with Crippen molar-refractivity contribution in [1.82, 2.24) is 0 Å². The van der Waals surface area contributed by atoms with Gasteiger partial charge in [-0.2, -0.15) is 26.3 Å². The van der Waals surface area contributed by atoms with Gasteiger partial charge in [0.05, 0.1) is 18.2 Å². The number of hydrogen-bond acceptors (Lipinski definition) is 2. The highest BCUT2D eigenvalue weighted by atomic mass is 31.2. The Hall–Kier alpha value is -3.51. The first-order valence-electron chi connectivity index (χ1n) is 11.5. The Morgan fingerprint density at radius 2 is 1.24 bits per heavy atom. The Labute approximate surface area is 216 Å². The van der Waals surface area contributed by atoms with Crippen molar-refractivity contribution in [1.29, 1.82) is 0 Å². The van der Waals surface area contributed by atoms with Gasteiger partial charge in [-0.25, -0.2) is 0 Å². The van der Waals surface area contributed by atoms with Gasteiger partial charge in [-0.1, -0.05) is 72.8 Å². The van der Waals surface area contributed by atoms with E-state index in [1.165, 1.54) is 50.4 Å². The van der Waals surface area contributed by atoms with Gasteiger partial charge in [-0.05, 0) is 42.7 Å². The van der Waals surface area contributed by atoms with Crippen LogP contribution < -0.4 is 20.7 Å². The summed E-state index contributed by atoms with van der Waals surface area (Å²) < 4.78 is 106. The third-order valence-corrected chi connectivity index (χ3v) is 9.49. The van der Waals surface area contributed by atoms with Crippen LogP contribution in [-0.4, -0.2) is 7.11 Å². The zero-order chi connectivity index (χ0) is 27.9. The summed E-state index contributed by atoms with van der Waals surface area (Å²) in [6.07, 6.45) is -10.3. The molecule has 4 rings (SSSR count).